The first-order valence-electron chi connectivity index (χ1n) is 4.83. The number of aryl methyl sites for hydroxylation is 2. The second kappa shape index (κ2) is 4.68. The lowest BCUT2D eigenvalue weighted by molar-refractivity contribution is -0.118. The molecule has 5 N–H and O–H groups in total. The molecule has 15 heavy (non-hydrogen) atoms. The molecule has 1 aromatic heterocycles. The van der Waals surface area contributed by atoms with Gasteiger partial charge < -0.3 is 16.8 Å². The van der Waals surface area contributed by atoms with Crippen LogP contribution in [0.5, 0.6) is 0 Å². The Morgan fingerprint density at radius 1 is 1.60 bits per heavy atom. The number of carbonyl (C=O) groups is 1. The van der Waals surface area contributed by atoms with Crippen molar-refractivity contribution >= 4 is 17.4 Å². The van der Waals surface area contributed by atoms with Crippen LogP contribution in [0.3, 0.4) is 0 Å². The lowest BCUT2D eigenvalue weighted by Gasteiger charge is -2.06. The lowest BCUT2D eigenvalue weighted by Crippen LogP contribution is -2.14. The number of primary amides is 1. The molecule has 0 aromatic carbocycles. The van der Waals surface area contributed by atoms with Crippen molar-refractivity contribution in [2.75, 3.05) is 17.6 Å². The van der Waals surface area contributed by atoms with Gasteiger partial charge in [0.25, 0.3) is 0 Å². The van der Waals surface area contributed by atoms with E-state index in [2.05, 4.69) is 10.4 Å². The predicted octanol–water partition coefficient (Wildman–Crippen LogP) is -0.0119. The van der Waals surface area contributed by atoms with Gasteiger partial charge in [0.15, 0.2) is 0 Å². The van der Waals surface area contributed by atoms with Gasteiger partial charge in [-0.05, 0) is 13.3 Å². The first-order chi connectivity index (χ1) is 7.02. The molecule has 6 nitrogen and oxygen atoms in total. The molecule has 0 aliphatic carbocycles. The van der Waals surface area contributed by atoms with Crippen molar-refractivity contribution in [3.8, 4) is 0 Å². The van der Waals surface area contributed by atoms with Crippen LogP contribution in [-0.4, -0.2) is 22.2 Å². The molecule has 0 spiro atoms. The highest BCUT2D eigenvalue weighted by molar-refractivity contribution is 5.73. The smallest absolute Gasteiger partial charge is 0.217 e. The van der Waals surface area contributed by atoms with Gasteiger partial charge in [-0.2, -0.15) is 5.10 Å². The zero-order valence-electron chi connectivity index (χ0n) is 9.08. The summed E-state index contributed by atoms with van der Waals surface area (Å²) in [6.07, 6.45) is 1.07. The van der Waals surface area contributed by atoms with Gasteiger partial charge in [0, 0.05) is 20.0 Å². The fourth-order valence-electron chi connectivity index (χ4n) is 1.35. The molecule has 0 bridgehead atoms. The fourth-order valence-corrected chi connectivity index (χ4v) is 1.35. The van der Waals surface area contributed by atoms with Gasteiger partial charge in [-0.3, -0.25) is 9.48 Å². The number of amides is 1. The first-order valence-corrected chi connectivity index (χ1v) is 4.83. The molecular weight excluding hydrogens is 194 g/mol. The van der Waals surface area contributed by atoms with Crippen LogP contribution in [0, 0.1) is 6.92 Å². The summed E-state index contributed by atoms with van der Waals surface area (Å²) in [5.74, 6) is 0.503. The quantitative estimate of drug-likeness (QED) is 0.596. The molecule has 0 saturated heterocycles. The number of hydrogen-bond acceptors (Lipinski definition) is 4. The topological polar surface area (TPSA) is 99.0 Å². The minimum atomic E-state index is -0.286. The lowest BCUT2D eigenvalue weighted by atomic mass is 10.3. The molecule has 0 radical (unpaired) electrons. The highest BCUT2D eigenvalue weighted by Crippen LogP contribution is 2.20. The van der Waals surface area contributed by atoms with Crippen molar-refractivity contribution in [2.45, 2.75) is 19.8 Å². The predicted molar refractivity (Wildman–Crippen MR) is 59.3 cm³/mol. The van der Waals surface area contributed by atoms with E-state index in [1.165, 1.54) is 0 Å². The third kappa shape index (κ3) is 2.87. The van der Waals surface area contributed by atoms with Crippen molar-refractivity contribution in [3.63, 3.8) is 0 Å². The summed E-state index contributed by atoms with van der Waals surface area (Å²) in [5, 5.41) is 7.29. The van der Waals surface area contributed by atoms with E-state index >= 15 is 0 Å². The number of nitrogens with one attached hydrogen (secondary N) is 1. The maximum Gasteiger partial charge on any atom is 0.217 e. The normalized spacial score (nSPS) is 10.3. The van der Waals surface area contributed by atoms with Gasteiger partial charge in [-0.25, -0.2) is 0 Å². The summed E-state index contributed by atoms with van der Waals surface area (Å²) in [6, 6.07) is 0. The van der Waals surface area contributed by atoms with Crippen molar-refractivity contribution in [3.05, 3.63) is 5.69 Å². The van der Waals surface area contributed by atoms with Crippen molar-refractivity contribution in [1.29, 1.82) is 0 Å². The molecule has 0 aliphatic heterocycles. The molecular formula is C9H17N5O. The van der Waals surface area contributed by atoms with Crippen LogP contribution in [0.1, 0.15) is 18.5 Å². The molecule has 1 aromatic rings. The van der Waals surface area contributed by atoms with E-state index in [0.29, 0.717) is 25.1 Å². The Hall–Kier alpha value is -1.72. The number of anilines is 2. The van der Waals surface area contributed by atoms with Crippen LogP contribution < -0.4 is 16.8 Å². The minimum Gasteiger partial charge on any atom is -0.394 e. The summed E-state index contributed by atoms with van der Waals surface area (Å²) in [6.45, 7) is 2.51. The highest BCUT2D eigenvalue weighted by Gasteiger charge is 2.08. The summed E-state index contributed by atoms with van der Waals surface area (Å²) in [5.41, 5.74) is 12.3. The first kappa shape index (κ1) is 11.4. The second-order valence-corrected chi connectivity index (χ2v) is 3.47. The molecule has 6 heteroatoms. The number of carbonyl (C=O) groups excluding carboxylic acids is 1. The van der Waals surface area contributed by atoms with Crippen LogP contribution in [0.2, 0.25) is 0 Å². The van der Waals surface area contributed by atoms with E-state index in [-0.39, 0.29) is 5.91 Å². The number of nitrogens with zero attached hydrogens (tertiary/aromatic N) is 2. The molecule has 84 valence electrons. The number of hydrogen-bond donors (Lipinski definition) is 3. The maximum atomic E-state index is 10.5. The van der Waals surface area contributed by atoms with Crippen LogP contribution in [-0.2, 0) is 11.8 Å². The van der Waals surface area contributed by atoms with Gasteiger partial charge in [0.2, 0.25) is 5.91 Å². The maximum absolute atomic E-state index is 10.5. The van der Waals surface area contributed by atoms with Gasteiger partial charge in [-0.15, -0.1) is 0 Å². The standard InChI is InChI=1S/C9H17N5O/c1-6-8(11)9(14(2)13-6)12-5-3-4-7(10)15/h12H,3-5,11H2,1-2H3,(H2,10,15). The minimum absolute atomic E-state index is 0.286. The van der Waals surface area contributed by atoms with Gasteiger partial charge in [-0.1, -0.05) is 0 Å². The Balaban J connectivity index is 2.47. The molecule has 0 atom stereocenters. The average Bonchev–Trinajstić information content (AvgIpc) is 2.37. The molecule has 0 saturated carbocycles. The molecule has 1 amide bonds. The summed E-state index contributed by atoms with van der Waals surface area (Å²) in [4.78, 5) is 10.5. The second-order valence-electron chi connectivity index (χ2n) is 3.47. The third-order valence-corrected chi connectivity index (χ3v) is 2.16. The van der Waals surface area contributed by atoms with Crippen LogP contribution in [0.15, 0.2) is 0 Å². The number of nitrogens with two attached hydrogens (primary N) is 2. The molecule has 1 rings (SSSR count). The van der Waals surface area contributed by atoms with E-state index in [9.17, 15) is 4.79 Å². The average molecular weight is 211 g/mol. The summed E-state index contributed by atoms with van der Waals surface area (Å²) in [7, 11) is 1.82. The van der Waals surface area contributed by atoms with E-state index in [0.717, 1.165) is 11.5 Å². The summed E-state index contributed by atoms with van der Waals surface area (Å²) < 4.78 is 1.69. The zero-order valence-corrected chi connectivity index (χ0v) is 9.08. The molecule has 1 heterocycles. The van der Waals surface area contributed by atoms with E-state index in [1.807, 2.05) is 14.0 Å². The highest BCUT2D eigenvalue weighted by atomic mass is 16.1. The SMILES string of the molecule is Cc1nn(C)c(NCCCC(N)=O)c1N. The zero-order chi connectivity index (χ0) is 11.4. The third-order valence-electron chi connectivity index (χ3n) is 2.16. The summed E-state index contributed by atoms with van der Waals surface area (Å²) >= 11 is 0. The largest absolute Gasteiger partial charge is 0.394 e. The van der Waals surface area contributed by atoms with Gasteiger partial charge >= 0.3 is 0 Å². The van der Waals surface area contributed by atoms with E-state index < -0.39 is 0 Å². The molecule has 0 unspecified atom stereocenters. The van der Waals surface area contributed by atoms with Crippen molar-refractivity contribution < 1.29 is 4.79 Å². The Labute approximate surface area is 88.6 Å². The Morgan fingerprint density at radius 2 is 2.27 bits per heavy atom. The Morgan fingerprint density at radius 3 is 2.73 bits per heavy atom. The Kier molecular flexibility index (Phi) is 3.54. The van der Waals surface area contributed by atoms with Crippen LogP contribution in [0.25, 0.3) is 0 Å². The van der Waals surface area contributed by atoms with Crippen LogP contribution in [0.4, 0.5) is 11.5 Å². The van der Waals surface area contributed by atoms with Gasteiger partial charge in [0.05, 0.1) is 11.4 Å². The van der Waals surface area contributed by atoms with E-state index in [1.54, 1.807) is 4.68 Å². The van der Waals surface area contributed by atoms with Gasteiger partial charge in [0.1, 0.15) is 5.82 Å². The fraction of sp³-hybridized carbons (Fsp3) is 0.556. The monoisotopic (exact) mass is 211 g/mol. The molecule has 0 aliphatic rings. The number of nitrogen functional groups attached to an aromatic ring is 1. The van der Waals surface area contributed by atoms with Crippen molar-refractivity contribution in [1.82, 2.24) is 9.78 Å². The van der Waals surface area contributed by atoms with E-state index in [4.69, 9.17) is 11.5 Å². The number of aromatic nitrogens is 2. The molecule has 0 fully saturated rings. The van der Waals surface area contributed by atoms with Crippen LogP contribution >= 0.6 is 0 Å². The number of rotatable bonds is 5. The van der Waals surface area contributed by atoms with Crippen molar-refractivity contribution in [2.24, 2.45) is 12.8 Å². The Bertz CT molecular complexity index is 358.